The summed E-state index contributed by atoms with van der Waals surface area (Å²) in [5.74, 6) is 0. The number of nitrogens with zero attached hydrogens (tertiary/aromatic N) is 4. The van der Waals surface area contributed by atoms with Crippen LogP contribution in [0, 0.1) is 0 Å². The fourth-order valence-corrected chi connectivity index (χ4v) is 21.6. The normalized spacial score (nSPS) is 11.4. The second-order valence-corrected chi connectivity index (χ2v) is 40.2. The highest BCUT2D eigenvalue weighted by Gasteiger charge is 2.30. The molecular formula is C144H112N4. The van der Waals surface area contributed by atoms with Crippen molar-refractivity contribution in [3.8, 4) is 111 Å². The lowest BCUT2D eigenvalue weighted by Crippen LogP contribution is -2.13. The van der Waals surface area contributed by atoms with Crippen molar-refractivity contribution in [2.75, 3.05) is 19.6 Å². The second-order valence-electron chi connectivity index (χ2n) is 40.2. The number of anilines is 12. The zero-order chi connectivity index (χ0) is 100. The summed E-state index contributed by atoms with van der Waals surface area (Å²) in [4.78, 5) is 9.61. The molecule has 0 aliphatic heterocycles. The topological polar surface area (TPSA) is 13.0 Å². The molecule has 0 N–H and O–H groups in total. The van der Waals surface area contributed by atoms with Crippen molar-refractivity contribution < 1.29 is 0 Å². The number of fused-ring (bicyclic) bond motifs is 4. The maximum Gasteiger partial charge on any atom is 0.0468 e. The number of hydrogen-bond donors (Lipinski definition) is 0. The first-order valence-electron chi connectivity index (χ1n) is 51.3. The van der Waals surface area contributed by atoms with Crippen LogP contribution in [0.2, 0.25) is 0 Å². The van der Waals surface area contributed by atoms with Crippen LogP contribution in [0.15, 0.2) is 570 Å². The molecule has 0 aromatic heterocycles. The van der Waals surface area contributed by atoms with Crippen molar-refractivity contribution in [2.45, 2.75) is 52.4 Å². The lowest BCUT2D eigenvalue weighted by atomic mass is 9.82. The highest BCUT2D eigenvalue weighted by molar-refractivity contribution is 6.27. The van der Waals surface area contributed by atoms with Gasteiger partial charge in [0, 0.05) is 68.2 Å². The Morgan fingerprint density at radius 2 is 0.264 bits per heavy atom. The lowest BCUT2D eigenvalue weighted by Gasteiger charge is -2.29. The molecule has 708 valence electrons. The van der Waals surface area contributed by atoms with E-state index in [4.69, 9.17) is 0 Å². The first kappa shape index (κ1) is 93.2. The third-order valence-corrected chi connectivity index (χ3v) is 28.8. The number of para-hydroxylation sites is 4. The zero-order valence-corrected chi connectivity index (χ0v) is 84.1. The Morgan fingerprint density at radius 3 is 0.459 bits per heavy atom. The van der Waals surface area contributed by atoms with E-state index in [1.807, 2.05) is 0 Å². The summed E-state index contributed by atoms with van der Waals surface area (Å²) in [5.41, 5.74) is 39.4. The summed E-state index contributed by atoms with van der Waals surface area (Å²) in [6.45, 7) is 13.7. The van der Waals surface area contributed by atoms with Gasteiger partial charge in [0.25, 0.3) is 0 Å². The third kappa shape index (κ3) is 18.8. The van der Waals surface area contributed by atoms with E-state index in [-0.39, 0.29) is 10.8 Å². The Morgan fingerprint density at radius 1 is 0.115 bits per heavy atom. The van der Waals surface area contributed by atoms with Gasteiger partial charge < -0.3 is 19.6 Å². The molecular weight excluding hydrogens is 1790 g/mol. The smallest absolute Gasteiger partial charge is 0.0468 e. The van der Waals surface area contributed by atoms with Gasteiger partial charge in [-0.25, -0.2) is 0 Å². The molecule has 4 heteroatoms. The van der Waals surface area contributed by atoms with E-state index in [1.165, 1.54) is 155 Å². The van der Waals surface area contributed by atoms with E-state index in [9.17, 15) is 0 Å². The van der Waals surface area contributed by atoms with E-state index in [2.05, 4.69) is 631 Å². The number of rotatable bonds is 22. The molecule has 0 atom stereocenters. The molecule has 0 fully saturated rings. The highest BCUT2D eigenvalue weighted by atomic mass is 15.2. The van der Waals surface area contributed by atoms with Gasteiger partial charge in [-0.15, -0.1) is 0 Å². The van der Waals surface area contributed by atoms with Crippen LogP contribution in [0.25, 0.3) is 154 Å². The highest BCUT2D eigenvalue weighted by Crippen LogP contribution is 2.56. The molecule has 24 aromatic rings. The molecule has 0 spiro atoms. The molecule has 24 rings (SSSR count). The van der Waals surface area contributed by atoms with Crippen LogP contribution in [0.4, 0.5) is 68.2 Å². The first-order valence-corrected chi connectivity index (χ1v) is 51.3. The lowest BCUT2D eigenvalue weighted by molar-refractivity contribution is 0.590. The summed E-state index contributed by atoms with van der Waals surface area (Å²) < 4.78 is 0. The molecule has 0 saturated carbocycles. The molecule has 0 aliphatic carbocycles. The van der Waals surface area contributed by atoms with Crippen LogP contribution in [0.3, 0.4) is 0 Å². The van der Waals surface area contributed by atoms with Crippen molar-refractivity contribution in [1.82, 2.24) is 0 Å². The monoisotopic (exact) mass is 1900 g/mol. The van der Waals surface area contributed by atoms with Crippen LogP contribution in [-0.4, -0.2) is 0 Å². The minimum absolute atomic E-state index is 0.0302. The average molecular weight is 1900 g/mol. The Balaban J connectivity index is 0.000000163. The van der Waals surface area contributed by atoms with E-state index in [0.29, 0.717) is 0 Å². The van der Waals surface area contributed by atoms with Crippen LogP contribution < -0.4 is 19.6 Å². The van der Waals surface area contributed by atoms with Crippen molar-refractivity contribution in [2.24, 2.45) is 0 Å². The molecule has 0 amide bonds. The quantitative estimate of drug-likeness (QED) is 0.0627. The summed E-state index contributed by atoms with van der Waals surface area (Å²) in [6.07, 6.45) is 0. The minimum atomic E-state index is 0.0302. The number of hydrogen-bond acceptors (Lipinski definition) is 4. The Bertz CT molecular complexity index is 8280. The Hall–Kier alpha value is -18.5. The van der Waals surface area contributed by atoms with Crippen molar-refractivity contribution in [3.05, 3.63) is 581 Å². The molecule has 0 unspecified atom stereocenters. The summed E-state index contributed by atoms with van der Waals surface area (Å²) in [6, 6.07) is 208. The summed E-state index contributed by atoms with van der Waals surface area (Å²) >= 11 is 0. The van der Waals surface area contributed by atoms with Gasteiger partial charge in [-0.05, 0) is 322 Å². The van der Waals surface area contributed by atoms with Gasteiger partial charge in [-0.3, -0.25) is 0 Å². The van der Waals surface area contributed by atoms with Gasteiger partial charge in [0.1, 0.15) is 0 Å². The average Bonchev–Trinajstić information content (AvgIpc) is 0.717. The largest absolute Gasteiger partial charge is 0.310 e. The molecule has 0 heterocycles. The molecule has 24 aromatic carbocycles. The summed E-state index contributed by atoms with van der Waals surface area (Å²) in [5, 5.41) is 9.39. The van der Waals surface area contributed by atoms with E-state index >= 15 is 0 Å². The van der Waals surface area contributed by atoms with Crippen molar-refractivity contribution in [3.63, 3.8) is 0 Å². The standard InChI is InChI=1S/C74H52N2.C70H60N2/c1-7-23-53(24-8-1)55-39-43-61(44-40-55)75(59-31-15-5-16-32-59)63-47-49-69-71(51-63)73(67-37-21-19-35-65(67)57-27-11-3-12-28-57)70-50-48-64(52-72(70)74(69)68-38-22-20-36-66(68)58-29-13-4-14-30-58)76(60-33-17-6-18-34-60)62-45-41-56(42-46-62)54-25-9-2-10-26-54;1-69(2,3)51-35-39-55(40-36-51)71(53-27-15-9-16-28-53)57-43-45-63-65(47-57)67(61-33-21-19-31-59(61)49-23-11-7-12-24-49)64-46-44-58(48-66(64)68(63)62-34-22-20-32-60(62)50-25-13-8-14-26-50)72(54-29-17-10-18-30-54)56-41-37-52(38-42-56)70(4,5)6/h1-52H;7-48H,1-6H3. The molecule has 148 heavy (non-hydrogen) atoms. The minimum Gasteiger partial charge on any atom is -0.310 e. The van der Waals surface area contributed by atoms with Crippen LogP contribution >= 0.6 is 0 Å². The van der Waals surface area contributed by atoms with Crippen LogP contribution in [0.1, 0.15) is 52.7 Å². The van der Waals surface area contributed by atoms with Crippen LogP contribution in [-0.2, 0) is 10.8 Å². The molecule has 0 aliphatic rings. The van der Waals surface area contributed by atoms with E-state index in [0.717, 1.165) is 79.0 Å². The molecule has 0 radical (unpaired) electrons. The van der Waals surface area contributed by atoms with E-state index < -0.39 is 0 Å². The molecule has 0 saturated heterocycles. The van der Waals surface area contributed by atoms with Gasteiger partial charge in [0.2, 0.25) is 0 Å². The van der Waals surface area contributed by atoms with Gasteiger partial charge in [0.05, 0.1) is 0 Å². The second kappa shape index (κ2) is 41.1. The fourth-order valence-electron chi connectivity index (χ4n) is 21.6. The van der Waals surface area contributed by atoms with Crippen molar-refractivity contribution >= 4 is 111 Å². The summed E-state index contributed by atoms with van der Waals surface area (Å²) in [7, 11) is 0. The SMILES string of the molecule is CC(C)(C)c1ccc(N(c2ccccc2)c2ccc3c(-c4ccccc4-c4ccccc4)c4cc(N(c5ccccc5)c5ccc(C(C)(C)C)cc5)ccc4c(-c4ccccc4-c4ccccc4)c3c2)cc1.c1ccc(-c2ccc(N(c3ccccc3)c3ccc4c(-c5ccccc5-c5ccccc5)c5cc(N(c6ccccc6)c6ccc(-c7ccccc7)cc6)ccc5c(-c5ccccc5-c5ccccc5)c4c3)cc2)cc1. The predicted octanol–water partition coefficient (Wildman–Crippen LogP) is 41.1. The maximum absolute atomic E-state index is 2.45. The Kier molecular flexibility index (Phi) is 25.9. The van der Waals surface area contributed by atoms with Crippen LogP contribution in [0.5, 0.6) is 0 Å². The Labute approximate surface area is 869 Å². The predicted molar refractivity (Wildman–Crippen MR) is 633 cm³/mol. The van der Waals surface area contributed by atoms with Gasteiger partial charge in [-0.2, -0.15) is 0 Å². The molecule has 4 nitrogen and oxygen atoms in total. The zero-order valence-electron chi connectivity index (χ0n) is 84.1. The third-order valence-electron chi connectivity index (χ3n) is 28.8. The molecule has 0 bridgehead atoms. The fraction of sp³-hybridized carbons (Fsp3) is 0.0556. The van der Waals surface area contributed by atoms with Gasteiger partial charge in [-0.1, -0.05) is 466 Å². The van der Waals surface area contributed by atoms with E-state index in [1.54, 1.807) is 0 Å². The van der Waals surface area contributed by atoms with Gasteiger partial charge >= 0.3 is 0 Å². The number of benzene rings is 24. The van der Waals surface area contributed by atoms with Crippen molar-refractivity contribution in [1.29, 1.82) is 0 Å². The first-order chi connectivity index (χ1) is 72.7. The van der Waals surface area contributed by atoms with Gasteiger partial charge in [0.15, 0.2) is 0 Å². The maximum atomic E-state index is 2.45.